The summed E-state index contributed by atoms with van der Waals surface area (Å²) in [6, 6.07) is 8.38. The highest BCUT2D eigenvalue weighted by Crippen LogP contribution is 2.50. The van der Waals surface area contributed by atoms with Gasteiger partial charge in [-0.25, -0.2) is 0 Å². The van der Waals surface area contributed by atoms with Crippen LogP contribution in [0, 0.1) is 0 Å². The van der Waals surface area contributed by atoms with E-state index in [4.69, 9.17) is 18.9 Å². The van der Waals surface area contributed by atoms with Crippen molar-refractivity contribution in [1.29, 1.82) is 0 Å². The van der Waals surface area contributed by atoms with Gasteiger partial charge in [-0.05, 0) is 52.9 Å². The van der Waals surface area contributed by atoms with E-state index in [1.807, 2.05) is 12.1 Å². The Balaban J connectivity index is 1.63. The van der Waals surface area contributed by atoms with Crippen molar-refractivity contribution in [3.8, 4) is 23.0 Å². The zero-order chi connectivity index (χ0) is 18.5. The number of aliphatic hydroxyl groups excluding tert-OH is 1. The number of methoxy groups -OCH3 is 2. The van der Waals surface area contributed by atoms with Gasteiger partial charge in [0.05, 0.1) is 20.8 Å². The molecule has 2 atom stereocenters. The van der Waals surface area contributed by atoms with Gasteiger partial charge in [-0.15, -0.1) is 0 Å². The average Bonchev–Trinajstić information content (AvgIpc) is 3.16. The second-order valence-corrected chi connectivity index (χ2v) is 7.26. The van der Waals surface area contributed by atoms with Gasteiger partial charge in [0.2, 0.25) is 6.79 Å². The molecule has 0 spiro atoms. The number of aliphatic hydroxyl groups is 1. The molecular weight excluding hydrogens is 346 g/mol. The maximum atomic E-state index is 10.3. The number of ether oxygens (including phenoxy) is 4. The van der Waals surface area contributed by atoms with Crippen molar-refractivity contribution >= 4 is 0 Å². The van der Waals surface area contributed by atoms with E-state index < -0.39 is 0 Å². The second kappa shape index (κ2) is 6.32. The molecule has 1 N–H and O–H groups in total. The molecule has 3 aliphatic heterocycles. The third kappa shape index (κ3) is 2.47. The first kappa shape index (κ1) is 16.7. The van der Waals surface area contributed by atoms with Crippen LogP contribution < -0.4 is 18.9 Å². The molecule has 142 valence electrons. The number of fused-ring (bicyclic) bond motifs is 5. The predicted octanol–water partition coefficient (Wildman–Crippen LogP) is 2.62. The number of rotatable bonds is 3. The summed E-state index contributed by atoms with van der Waals surface area (Å²) < 4.78 is 22.1. The van der Waals surface area contributed by atoms with Gasteiger partial charge in [0, 0.05) is 25.0 Å². The normalized spacial score (nSPS) is 22.6. The highest BCUT2D eigenvalue weighted by atomic mass is 16.7. The topological polar surface area (TPSA) is 60.4 Å². The molecule has 0 saturated heterocycles. The molecule has 3 aliphatic rings. The van der Waals surface area contributed by atoms with Crippen molar-refractivity contribution in [2.45, 2.75) is 24.9 Å². The quantitative estimate of drug-likeness (QED) is 0.898. The summed E-state index contributed by atoms with van der Waals surface area (Å²) in [6.45, 7) is 2.11. The first-order valence-corrected chi connectivity index (χ1v) is 9.25. The van der Waals surface area contributed by atoms with Crippen LogP contribution >= 0.6 is 0 Å². The minimum Gasteiger partial charge on any atom is -0.493 e. The van der Waals surface area contributed by atoms with E-state index in [0.29, 0.717) is 5.75 Å². The van der Waals surface area contributed by atoms with Crippen molar-refractivity contribution in [3.63, 3.8) is 0 Å². The van der Waals surface area contributed by atoms with Gasteiger partial charge in [-0.1, -0.05) is 0 Å². The maximum Gasteiger partial charge on any atom is 0.231 e. The lowest BCUT2D eigenvalue weighted by atomic mass is 9.76. The summed E-state index contributed by atoms with van der Waals surface area (Å²) in [5.74, 6) is 3.01. The fraction of sp³-hybridized carbons (Fsp3) is 0.429. The van der Waals surface area contributed by atoms with E-state index in [1.165, 1.54) is 16.7 Å². The Morgan fingerprint density at radius 3 is 2.48 bits per heavy atom. The minimum absolute atomic E-state index is 0.0343. The van der Waals surface area contributed by atoms with Crippen molar-refractivity contribution in [1.82, 2.24) is 4.90 Å². The molecule has 0 unspecified atom stereocenters. The number of hydrogen-bond donors (Lipinski definition) is 1. The molecule has 0 saturated carbocycles. The molecule has 0 aliphatic carbocycles. The van der Waals surface area contributed by atoms with Crippen LogP contribution in [0.25, 0.3) is 0 Å². The summed E-state index contributed by atoms with van der Waals surface area (Å²) in [5, 5.41) is 10.3. The molecule has 2 aromatic rings. The van der Waals surface area contributed by atoms with Gasteiger partial charge >= 0.3 is 0 Å². The van der Waals surface area contributed by atoms with Crippen molar-refractivity contribution in [2.75, 3.05) is 34.2 Å². The van der Waals surface area contributed by atoms with Crippen molar-refractivity contribution < 1.29 is 24.1 Å². The van der Waals surface area contributed by atoms with E-state index in [1.54, 1.807) is 14.2 Å². The highest BCUT2D eigenvalue weighted by Gasteiger charge is 2.40. The SMILES string of the molecule is COc1cc2c(cc1OC)[C@@H](CO)[C@H]1c3cc4c(cc3CCN1C2)OCO4. The summed E-state index contributed by atoms with van der Waals surface area (Å²) in [4.78, 5) is 2.44. The summed E-state index contributed by atoms with van der Waals surface area (Å²) in [6.07, 6.45) is 0.962. The Hall–Kier alpha value is -2.44. The fourth-order valence-electron chi connectivity index (χ4n) is 4.75. The van der Waals surface area contributed by atoms with Gasteiger partial charge in [0.1, 0.15) is 0 Å². The summed E-state index contributed by atoms with van der Waals surface area (Å²) >= 11 is 0. The molecule has 0 fully saturated rings. The van der Waals surface area contributed by atoms with Crippen LogP contribution in [-0.4, -0.2) is 44.2 Å². The van der Waals surface area contributed by atoms with Crippen LogP contribution in [-0.2, 0) is 13.0 Å². The Morgan fingerprint density at radius 2 is 1.74 bits per heavy atom. The molecular formula is C21H23NO5. The lowest BCUT2D eigenvalue weighted by molar-refractivity contribution is 0.101. The first-order chi connectivity index (χ1) is 13.2. The van der Waals surface area contributed by atoms with E-state index >= 15 is 0 Å². The molecule has 2 aromatic carbocycles. The van der Waals surface area contributed by atoms with Gasteiger partial charge in [-0.3, -0.25) is 4.90 Å². The van der Waals surface area contributed by atoms with Gasteiger partial charge in [0.15, 0.2) is 23.0 Å². The molecule has 5 rings (SSSR count). The fourth-order valence-corrected chi connectivity index (χ4v) is 4.75. The molecule has 6 heteroatoms. The molecule has 0 radical (unpaired) electrons. The molecule has 0 bridgehead atoms. The molecule has 0 aromatic heterocycles. The molecule has 27 heavy (non-hydrogen) atoms. The molecule has 6 nitrogen and oxygen atoms in total. The second-order valence-electron chi connectivity index (χ2n) is 7.26. The number of hydrogen-bond acceptors (Lipinski definition) is 6. The predicted molar refractivity (Wildman–Crippen MR) is 98.8 cm³/mol. The largest absolute Gasteiger partial charge is 0.493 e. The van der Waals surface area contributed by atoms with Crippen LogP contribution in [0.4, 0.5) is 0 Å². The van der Waals surface area contributed by atoms with Gasteiger partial charge in [-0.2, -0.15) is 0 Å². The zero-order valence-electron chi connectivity index (χ0n) is 15.5. The van der Waals surface area contributed by atoms with E-state index in [-0.39, 0.29) is 25.4 Å². The van der Waals surface area contributed by atoms with Crippen LogP contribution in [0.5, 0.6) is 23.0 Å². The van der Waals surface area contributed by atoms with Gasteiger partial charge < -0.3 is 24.1 Å². The van der Waals surface area contributed by atoms with E-state index in [0.717, 1.165) is 42.3 Å². The first-order valence-electron chi connectivity index (χ1n) is 9.25. The van der Waals surface area contributed by atoms with Crippen LogP contribution in [0.2, 0.25) is 0 Å². The maximum absolute atomic E-state index is 10.3. The summed E-state index contributed by atoms with van der Waals surface area (Å²) in [5.41, 5.74) is 4.82. The minimum atomic E-state index is -0.0343. The van der Waals surface area contributed by atoms with Crippen LogP contribution in [0.3, 0.4) is 0 Å². The van der Waals surface area contributed by atoms with Gasteiger partial charge in [0.25, 0.3) is 0 Å². The Labute approximate surface area is 158 Å². The van der Waals surface area contributed by atoms with E-state index in [9.17, 15) is 5.11 Å². The monoisotopic (exact) mass is 369 g/mol. The number of benzene rings is 2. The number of nitrogens with zero attached hydrogens (tertiary/aromatic N) is 1. The molecule has 0 amide bonds. The Bertz CT molecular complexity index is 897. The standard InChI is InChI=1S/C21H23NO5/c1-24-17-6-13-9-22-4-3-12-5-19-20(27-11-26-19)8-15(12)21(22)16(10-23)14(13)7-18(17)25-2/h5-8,16,21,23H,3-4,9-11H2,1-2H3/t16-,21-/m1/s1. The summed E-state index contributed by atoms with van der Waals surface area (Å²) in [7, 11) is 3.29. The highest BCUT2D eigenvalue weighted by molar-refractivity contribution is 5.54. The Morgan fingerprint density at radius 1 is 1.00 bits per heavy atom. The molecule has 3 heterocycles. The Kier molecular flexibility index (Phi) is 3.91. The average molecular weight is 369 g/mol. The third-order valence-electron chi connectivity index (χ3n) is 6.01. The van der Waals surface area contributed by atoms with Crippen LogP contribution in [0.1, 0.15) is 34.2 Å². The third-order valence-corrected chi connectivity index (χ3v) is 6.01. The van der Waals surface area contributed by atoms with Crippen LogP contribution in [0.15, 0.2) is 24.3 Å². The lowest BCUT2D eigenvalue weighted by Gasteiger charge is -2.45. The van der Waals surface area contributed by atoms with E-state index in [2.05, 4.69) is 17.0 Å². The van der Waals surface area contributed by atoms with Crippen molar-refractivity contribution in [3.05, 3.63) is 46.5 Å². The lowest BCUT2D eigenvalue weighted by Crippen LogP contribution is -2.42. The zero-order valence-corrected chi connectivity index (χ0v) is 15.5. The van der Waals surface area contributed by atoms with Crippen molar-refractivity contribution in [2.24, 2.45) is 0 Å². The smallest absolute Gasteiger partial charge is 0.231 e.